The van der Waals surface area contributed by atoms with Gasteiger partial charge in [-0.3, -0.25) is 9.59 Å². The van der Waals surface area contributed by atoms with Crippen molar-refractivity contribution in [3.05, 3.63) is 93.0 Å². The molecule has 1 fully saturated rings. The molecule has 1 unspecified atom stereocenters. The standard InChI is InChI=1S/C28H25Cl2NO6/c1-35-19-8-4-16(5-9-19)12-13-31-24(17-6-10-20(36-2)11-7-17)23(26(33)28(31)34)25(32)18-14-21(29)27(37-3)22(30)15-18/h4-11,14-15,24,32H,12-13H2,1-3H3/b25-23+. The minimum atomic E-state index is -0.830. The Balaban J connectivity index is 1.78. The number of ketones is 1. The number of carbonyl (C=O) groups excluding carboxylic acids is 2. The van der Waals surface area contributed by atoms with E-state index in [-0.39, 0.29) is 39.2 Å². The summed E-state index contributed by atoms with van der Waals surface area (Å²) in [5, 5.41) is 11.6. The van der Waals surface area contributed by atoms with Crippen LogP contribution in [0.4, 0.5) is 0 Å². The van der Waals surface area contributed by atoms with Gasteiger partial charge in [0.2, 0.25) is 0 Å². The molecule has 0 spiro atoms. The third-order valence-electron chi connectivity index (χ3n) is 6.25. The second kappa shape index (κ2) is 11.2. The third kappa shape index (κ3) is 5.24. The highest BCUT2D eigenvalue weighted by molar-refractivity contribution is 6.46. The lowest BCUT2D eigenvalue weighted by molar-refractivity contribution is -0.139. The molecule has 1 aliphatic heterocycles. The van der Waals surface area contributed by atoms with Crippen LogP contribution in [0.25, 0.3) is 5.76 Å². The maximum atomic E-state index is 13.3. The zero-order chi connectivity index (χ0) is 26.7. The highest BCUT2D eigenvalue weighted by Gasteiger charge is 2.46. The number of amides is 1. The molecule has 1 atom stereocenters. The van der Waals surface area contributed by atoms with Gasteiger partial charge in [0.05, 0.1) is 43.0 Å². The SMILES string of the molecule is COc1ccc(CCN2C(=O)C(=O)/C(=C(/O)c3cc(Cl)c(OC)c(Cl)c3)C2c2ccc(OC)cc2)cc1. The zero-order valence-electron chi connectivity index (χ0n) is 20.5. The lowest BCUT2D eigenvalue weighted by Crippen LogP contribution is -2.31. The van der Waals surface area contributed by atoms with Gasteiger partial charge in [-0.1, -0.05) is 47.5 Å². The Bertz CT molecular complexity index is 1330. The van der Waals surface area contributed by atoms with Gasteiger partial charge in [0.1, 0.15) is 17.3 Å². The number of halogens is 2. The summed E-state index contributed by atoms with van der Waals surface area (Å²) in [6.07, 6.45) is 0.490. The second-order valence-electron chi connectivity index (χ2n) is 8.34. The molecule has 0 aromatic heterocycles. The van der Waals surface area contributed by atoms with E-state index in [0.29, 0.717) is 17.7 Å². The van der Waals surface area contributed by atoms with Crippen LogP contribution in [0.2, 0.25) is 10.0 Å². The molecule has 37 heavy (non-hydrogen) atoms. The Morgan fingerprint density at radius 3 is 1.92 bits per heavy atom. The zero-order valence-corrected chi connectivity index (χ0v) is 22.0. The number of benzene rings is 3. The molecule has 4 rings (SSSR count). The molecule has 3 aromatic carbocycles. The molecule has 192 valence electrons. The van der Waals surface area contributed by atoms with Crippen LogP contribution in [0, 0.1) is 0 Å². The summed E-state index contributed by atoms with van der Waals surface area (Å²) in [6, 6.07) is 16.5. The minimum absolute atomic E-state index is 0.0535. The van der Waals surface area contributed by atoms with E-state index >= 15 is 0 Å². The largest absolute Gasteiger partial charge is 0.507 e. The van der Waals surface area contributed by atoms with Crippen molar-refractivity contribution in [1.29, 1.82) is 0 Å². The lowest BCUT2D eigenvalue weighted by atomic mass is 9.95. The molecule has 0 saturated carbocycles. The smallest absolute Gasteiger partial charge is 0.295 e. The van der Waals surface area contributed by atoms with Crippen LogP contribution in [0.3, 0.4) is 0 Å². The van der Waals surface area contributed by atoms with Crippen molar-refractivity contribution in [2.75, 3.05) is 27.9 Å². The number of ether oxygens (including phenoxy) is 3. The maximum Gasteiger partial charge on any atom is 0.295 e. The van der Waals surface area contributed by atoms with Gasteiger partial charge in [0.15, 0.2) is 5.75 Å². The molecule has 1 N–H and O–H groups in total. The van der Waals surface area contributed by atoms with Crippen LogP contribution < -0.4 is 14.2 Å². The molecule has 7 nitrogen and oxygen atoms in total. The summed E-state index contributed by atoms with van der Waals surface area (Å²) < 4.78 is 15.6. The fourth-order valence-electron chi connectivity index (χ4n) is 4.33. The Labute approximate surface area is 224 Å². The Kier molecular flexibility index (Phi) is 7.95. The number of likely N-dealkylation sites (tertiary alicyclic amines) is 1. The van der Waals surface area contributed by atoms with Crippen molar-refractivity contribution >= 4 is 40.7 Å². The summed E-state index contributed by atoms with van der Waals surface area (Å²) >= 11 is 12.6. The normalized spacial score (nSPS) is 16.7. The molecule has 9 heteroatoms. The van der Waals surface area contributed by atoms with Gasteiger partial charge in [-0.25, -0.2) is 0 Å². The van der Waals surface area contributed by atoms with Gasteiger partial charge in [0.25, 0.3) is 11.7 Å². The number of Topliss-reactive ketones (excluding diaryl/α,β-unsaturated/α-hetero) is 1. The van der Waals surface area contributed by atoms with Gasteiger partial charge < -0.3 is 24.2 Å². The van der Waals surface area contributed by atoms with E-state index in [1.165, 1.54) is 24.1 Å². The first-order valence-corrected chi connectivity index (χ1v) is 12.1. The summed E-state index contributed by atoms with van der Waals surface area (Å²) in [5.41, 5.74) is 1.75. The number of carbonyl (C=O) groups is 2. The predicted molar refractivity (Wildman–Crippen MR) is 142 cm³/mol. The molecule has 0 bridgehead atoms. The van der Waals surface area contributed by atoms with E-state index < -0.39 is 17.7 Å². The van der Waals surface area contributed by atoms with Crippen LogP contribution in [0.15, 0.2) is 66.2 Å². The van der Waals surface area contributed by atoms with Crippen LogP contribution >= 0.6 is 23.2 Å². The number of aliphatic hydroxyl groups is 1. The Morgan fingerprint density at radius 1 is 0.865 bits per heavy atom. The van der Waals surface area contributed by atoms with Gasteiger partial charge >= 0.3 is 0 Å². The monoisotopic (exact) mass is 541 g/mol. The lowest BCUT2D eigenvalue weighted by Gasteiger charge is -2.25. The minimum Gasteiger partial charge on any atom is -0.507 e. The summed E-state index contributed by atoms with van der Waals surface area (Å²) in [6.45, 7) is 0.245. The Hall–Kier alpha value is -3.68. The molecule has 0 radical (unpaired) electrons. The number of rotatable bonds is 8. The van der Waals surface area contributed by atoms with E-state index in [0.717, 1.165) is 11.3 Å². The average molecular weight is 542 g/mol. The van der Waals surface area contributed by atoms with Crippen molar-refractivity contribution < 1.29 is 28.9 Å². The molecule has 1 heterocycles. The number of hydrogen-bond donors (Lipinski definition) is 1. The van der Waals surface area contributed by atoms with E-state index in [9.17, 15) is 14.7 Å². The molecular formula is C28H25Cl2NO6. The number of hydrogen-bond acceptors (Lipinski definition) is 6. The quantitative estimate of drug-likeness (QED) is 0.224. The van der Waals surface area contributed by atoms with Crippen molar-refractivity contribution in [1.82, 2.24) is 4.90 Å². The van der Waals surface area contributed by atoms with Crippen LogP contribution in [0.1, 0.15) is 22.7 Å². The topological polar surface area (TPSA) is 85.3 Å². The van der Waals surface area contributed by atoms with Crippen LogP contribution in [-0.4, -0.2) is 49.6 Å². The van der Waals surface area contributed by atoms with Gasteiger partial charge in [-0.2, -0.15) is 0 Å². The van der Waals surface area contributed by atoms with E-state index in [4.69, 9.17) is 37.4 Å². The number of aliphatic hydroxyl groups excluding tert-OH is 1. The summed E-state index contributed by atoms with van der Waals surface area (Å²) in [5.74, 6) is -0.298. The van der Waals surface area contributed by atoms with E-state index in [1.54, 1.807) is 38.5 Å². The van der Waals surface area contributed by atoms with E-state index in [2.05, 4.69) is 0 Å². The second-order valence-corrected chi connectivity index (χ2v) is 9.15. The number of methoxy groups -OCH3 is 3. The van der Waals surface area contributed by atoms with Crippen molar-refractivity contribution in [3.8, 4) is 17.2 Å². The molecule has 0 aliphatic carbocycles. The highest BCUT2D eigenvalue weighted by Crippen LogP contribution is 2.42. The molecule has 1 amide bonds. The fraction of sp³-hybridized carbons (Fsp3) is 0.214. The van der Waals surface area contributed by atoms with Crippen LogP contribution in [0.5, 0.6) is 17.2 Å². The third-order valence-corrected chi connectivity index (χ3v) is 6.81. The Morgan fingerprint density at radius 2 is 1.41 bits per heavy atom. The van der Waals surface area contributed by atoms with Crippen LogP contribution in [-0.2, 0) is 16.0 Å². The molecule has 1 saturated heterocycles. The average Bonchev–Trinajstić information content (AvgIpc) is 3.16. The summed E-state index contributed by atoms with van der Waals surface area (Å²) in [7, 11) is 4.56. The van der Waals surface area contributed by atoms with Crippen molar-refractivity contribution in [2.45, 2.75) is 12.5 Å². The highest BCUT2D eigenvalue weighted by atomic mass is 35.5. The first-order chi connectivity index (χ1) is 17.8. The first-order valence-electron chi connectivity index (χ1n) is 11.4. The van der Waals surface area contributed by atoms with Gasteiger partial charge in [-0.05, 0) is 53.9 Å². The number of nitrogens with zero attached hydrogens (tertiary/aromatic N) is 1. The molecule has 3 aromatic rings. The molecular weight excluding hydrogens is 517 g/mol. The molecule has 1 aliphatic rings. The summed E-state index contributed by atoms with van der Waals surface area (Å²) in [4.78, 5) is 28.0. The van der Waals surface area contributed by atoms with Gasteiger partial charge in [0, 0.05) is 12.1 Å². The van der Waals surface area contributed by atoms with Gasteiger partial charge in [-0.15, -0.1) is 0 Å². The predicted octanol–water partition coefficient (Wildman–Crippen LogP) is 5.68. The first kappa shape index (κ1) is 26.4. The van der Waals surface area contributed by atoms with E-state index in [1.807, 2.05) is 24.3 Å². The van der Waals surface area contributed by atoms with Crippen molar-refractivity contribution in [3.63, 3.8) is 0 Å². The maximum absolute atomic E-state index is 13.3. The van der Waals surface area contributed by atoms with Crippen molar-refractivity contribution in [2.24, 2.45) is 0 Å². The fourth-order valence-corrected chi connectivity index (χ4v) is 4.97.